The molecule has 3 aromatic rings. The van der Waals surface area contributed by atoms with Crippen molar-refractivity contribution in [3.8, 4) is 11.3 Å². The van der Waals surface area contributed by atoms with Gasteiger partial charge < -0.3 is 9.73 Å². The Labute approximate surface area is 125 Å². The molecule has 0 saturated carbocycles. The quantitative estimate of drug-likeness (QED) is 0.671. The van der Waals surface area contributed by atoms with E-state index in [0.717, 1.165) is 36.2 Å². The molecule has 0 spiro atoms. The van der Waals surface area contributed by atoms with Gasteiger partial charge >= 0.3 is 0 Å². The van der Waals surface area contributed by atoms with Crippen molar-refractivity contribution in [1.82, 2.24) is 5.32 Å². The normalized spacial score (nSPS) is 11.1. The number of furan rings is 1. The molecule has 0 amide bonds. The monoisotopic (exact) mass is 279 g/mol. The van der Waals surface area contributed by atoms with E-state index < -0.39 is 0 Å². The van der Waals surface area contributed by atoms with E-state index in [2.05, 4.69) is 49.5 Å². The summed E-state index contributed by atoms with van der Waals surface area (Å²) >= 11 is 0. The molecule has 0 bridgehead atoms. The Bertz CT molecular complexity index is 709. The van der Waals surface area contributed by atoms with Crippen LogP contribution in [0, 0.1) is 6.92 Å². The van der Waals surface area contributed by atoms with Crippen molar-refractivity contribution in [3.63, 3.8) is 0 Å². The van der Waals surface area contributed by atoms with Crippen LogP contribution in [-0.4, -0.2) is 6.54 Å². The first-order chi connectivity index (χ1) is 10.3. The lowest BCUT2D eigenvalue weighted by molar-refractivity contribution is 0.631. The minimum Gasteiger partial charge on any atom is -0.456 e. The van der Waals surface area contributed by atoms with Gasteiger partial charge in [-0.3, -0.25) is 0 Å². The van der Waals surface area contributed by atoms with E-state index in [1.807, 2.05) is 18.2 Å². The lowest BCUT2D eigenvalue weighted by Gasteiger charge is -2.07. The van der Waals surface area contributed by atoms with E-state index >= 15 is 0 Å². The van der Waals surface area contributed by atoms with Crippen LogP contribution in [0.15, 0.2) is 52.9 Å². The van der Waals surface area contributed by atoms with Crippen LogP contribution >= 0.6 is 0 Å². The molecule has 0 atom stereocenters. The molecular weight excluding hydrogens is 258 g/mol. The van der Waals surface area contributed by atoms with Crippen LogP contribution in [0.1, 0.15) is 24.5 Å². The number of hydrogen-bond acceptors (Lipinski definition) is 2. The zero-order valence-corrected chi connectivity index (χ0v) is 12.6. The summed E-state index contributed by atoms with van der Waals surface area (Å²) in [5.41, 5.74) is 4.69. The van der Waals surface area contributed by atoms with Gasteiger partial charge in [-0.1, -0.05) is 43.3 Å². The average Bonchev–Trinajstić information content (AvgIpc) is 2.91. The van der Waals surface area contributed by atoms with Crippen LogP contribution in [0.5, 0.6) is 0 Å². The molecular formula is C19H21NO. The molecule has 0 saturated heterocycles. The van der Waals surface area contributed by atoms with Crippen LogP contribution in [0.3, 0.4) is 0 Å². The summed E-state index contributed by atoms with van der Waals surface area (Å²) in [6.07, 6.45) is 1.16. The van der Waals surface area contributed by atoms with Crippen LogP contribution in [0.2, 0.25) is 0 Å². The highest BCUT2D eigenvalue weighted by Gasteiger charge is 2.08. The third kappa shape index (κ3) is 3.01. The number of aryl methyl sites for hydroxylation is 1. The number of benzene rings is 2. The Morgan fingerprint density at radius 3 is 2.67 bits per heavy atom. The molecule has 108 valence electrons. The Kier molecular flexibility index (Phi) is 4.07. The first kappa shape index (κ1) is 13.9. The Morgan fingerprint density at radius 1 is 1.05 bits per heavy atom. The summed E-state index contributed by atoms with van der Waals surface area (Å²) < 4.78 is 5.96. The molecule has 0 aliphatic carbocycles. The van der Waals surface area contributed by atoms with Crippen LogP contribution in [0.4, 0.5) is 0 Å². The van der Waals surface area contributed by atoms with Crippen molar-refractivity contribution >= 4 is 11.0 Å². The molecule has 0 unspecified atom stereocenters. The summed E-state index contributed by atoms with van der Waals surface area (Å²) in [6, 6.07) is 16.8. The van der Waals surface area contributed by atoms with Gasteiger partial charge in [0.2, 0.25) is 0 Å². The van der Waals surface area contributed by atoms with Gasteiger partial charge in [-0.25, -0.2) is 0 Å². The van der Waals surface area contributed by atoms with Crippen molar-refractivity contribution in [2.75, 3.05) is 6.54 Å². The predicted octanol–water partition coefficient (Wildman–Crippen LogP) is 4.91. The van der Waals surface area contributed by atoms with Crippen molar-refractivity contribution in [2.24, 2.45) is 0 Å². The van der Waals surface area contributed by atoms with Crippen molar-refractivity contribution in [3.05, 3.63) is 59.7 Å². The standard InChI is InChI=1S/C19H21NO/c1-3-10-20-13-15-8-9-17(14(2)11-15)19-12-16-6-4-5-7-18(16)21-19/h4-9,11-12,20H,3,10,13H2,1-2H3. The number of nitrogens with one attached hydrogen (secondary N) is 1. The number of hydrogen-bond donors (Lipinski definition) is 1. The Balaban J connectivity index is 1.88. The lowest BCUT2D eigenvalue weighted by Crippen LogP contribution is -2.13. The molecule has 21 heavy (non-hydrogen) atoms. The topological polar surface area (TPSA) is 25.2 Å². The van der Waals surface area contributed by atoms with Crippen molar-refractivity contribution in [1.29, 1.82) is 0 Å². The second-order valence-electron chi connectivity index (χ2n) is 5.47. The largest absolute Gasteiger partial charge is 0.456 e. The van der Waals surface area contributed by atoms with Crippen LogP contribution < -0.4 is 5.32 Å². The zero-order chi connectivity index (χ0) is 14.7. The predicted molar refractivity (Wildman–Crippen MR) is 88.4 cm³/mol. The van der Waals surface area contributed by atoms with E-state index in [-0.39, 0.29) is 0 Å². The summed E-state index contributed by atoms with van der Waals surface area (Å²) in [4.78, 5) is 0. The van der Waals surface area contributed by atoms with Gasteiger partial charge in [-0.2, -0.15) is 0 Å². The van der Waals surface area contributed by atoms with E-state index in [1.54, 1.807) is 0 Å². The highest BCUT2D eigenvalue weighted by molar-refractivity contribution is 5.83. The summed E-state index contributed by atoms with van der Waals surface area (Å²) in [6.45, 7) is 6.31. The fourth-order valence-corrected chi connectivity index (χ4v) is 2.64. The lowest BCUT2D eigenvalue weighted by atomic mass is 10.0. The van der Waals surface area contributed by atoms with Crippen LogP contribution in [0.25, 0.3) is 22.3 Å². The molecule has 1 heterocycles. The summed E-state index contributed by atoms with van der Waals surface area (Å²) in [5.74, 6) is 0.946. The molecule has 0 aliphatic rings. The van der Waals surface area contributed by atoms with Crippen molar-refractivity contribution < 1.29 is 4.42 Å². The van der Waals surface area contributed by atoms with Gasteiger partial charge in [0.05, 0.1) is 0 Å². The smallest absolute Gasteiger partial charge is 0.135 e. The van der Waals surface area contributed by atoms with Gasteiger partial charge in [0.15, 0.2) is 0 Å². The molecule has 2 aromatic carbocycles. The fraction of sp³-hybridized carbons (Fsp3) is 0.263. The van der Waals surface area contributed by atoms with Gasteiger partial charge in [0.25, 0.3) is 0 Å². The first-order valence-electron chi connectivity index (χ1n) is 7.57. The number of rotatable bonds is 5. The highest BCUT2D eigenvalue weighted by Crippen LogP contribution is 2.30. The molecule has 0 radical (unpaired) electrons. The van der Waals surface area contributed by atoms with E-state index in [9.17, 15) is 0 Å². The number of para-hydroxylation sites is 1. The minimum absolute atomic E-state index is 0.926. The second kappa shape index (κ2) is 6.15. The van der Waals surface area contributed by atoms with Gasteiger partial charge in [-0.15, -0.1) is 0 Å². The molecule has 2 heteroatoms. The molecule has 2 nitrogen and oxygen atoms in total. The molecule has 0 aliphatic heterocycles. The maximum atomic E-state index is 5.96. The molecule has 1 aromatic heterocycles. The first-order valence-corrected chi connectivity index (χ1v) is 7.57. The van der Waals surface area contributed by atoms with E-state index in [4.69, 9.17) is 4.42 Å². The SMILES string of the molecule is CCCNCc1ccc(-c2cc3ccccc3o2)c(C)c1. The Hall–Kier alpha value is -2.06. The minimum atomic E-state index is 0.926. The third-order valence-electron chi connectivity index (χ3n) is 3.74. The average molecular weight is 279 g/mol. The number of fused-ring (bicyclic) bond motifs is 1. The van der Waals surface area contributed by atoms with Gasteiger partial charge in [-0.05, 0) is 43.1 Å². The van der Waals surface area contributed by atoms with E-state index in [0.29, 0.717) is 0 Å². The van der Waals surface area contributed by atoms with Gasteiger partial charge in [0.1, 0.15) is 11.3 Å². The van der Waals surface area contributed by atoms with Crippen LogP contribution in [-0.2, 0) is 6.54 Å². The maximum absolute atomic E-state index is 5.96. The summed E-state index contributed by atoms with van der Waals surface area (Å²) in [5, 5.41) is 4.59. The third-order valence-corrected chi connectivity index (χ3v) is 3.74. The van der Waals surface area contributed by atoms with Gasteiger partial charge in [0, 0.05) is 17.5 Å². The van der Waals surface area contributed by atoms with E-state index in [1.165, 1.54) is 16.7 Å². The second-order valence-corrected chi connectivity index (χ2v) is 5.47. The molecule has 3 rings (SSSR count). The molecule has 0 fully saturated rings. The fourth-order valence-electron chi connectivity index (χ4n) is 2.64. The molecule has 1 N–H and O–H groups in total. The Morgan fingerprint density at radius 2 is 1.90 bits per heavy atom. The van der Waals surface area contributed by atoms with Crippen molar-refractivity contribution in [2.45, 2.75) is 26.8 Å². The highest BCUT2D eigenvalue weighted by atomic mass is 16.3. The zero-order valence-electron chi connectivity index (χ0n) is 12.6. The summed E-state index contributed by atoms with van der Waals surface area (Å²) in [7, 11) is 0. The maximum Gasteiger partial charge on any atom is 0.135 e.